The van der Waals surface area contributed by atoms with Gasteiger partial charge in [0.25, 0.3) is 0 Å². The van der Waals surface area contributed by atoms with E-state index in [4.69, 9.17) is 27.9 Å². The lowest BCUT2D eigenvalue weighted by Gasteiger charge is -2.30. The van der Waals surface area contributed by atoms with Gasteiger partial charge in [0.05, 0.1) is 12.3 Å². The minimum absolute atomic E-state index is 0.125. The van der Waals surface area contributed by atoms with Gasteiger partial charge in [-0.05, 0) is 54.8 Å². The minimum atomic E-state index is -3.55. The Morgan fingerprint density at radius 1 is 1.13 bits per heavy atom. The lowest BCUT2D eigenvalue weighted by atomic mass is 9.97. The molecule has 1 aliphatic heterocycles. The Labute approximate surface area is 191 Å². The number of piperidine rings is 1. The van der Waals surface area contributed by atoms with E-state index in [0.717, 1.165) is 0 Å². The molecule has 6 nitrogen and oxygen atoms in total. The van der Waals surface area contributed by atoms with Crippen LogP contribution in [0, 0.1) is 11.7 Å². The van der Waals surface area contributed by atoms with Crippen LogP contribution in [0.2, 0.25) is 10.0 Å². The van der Waals surface area contributed by atoms with Crippen molar-refractivity contribution in [3.05, 3.63) is 63.9 Å². The monoisotopic (exact) mass is 488 g/mol. The lowest BCUT2D eigenvalue weighted by molar-refractivity contribution is -0.126. The van der Waals surface area contributed by atoms with Crippen LogP contribution in [0.3, 0.4) is 0 Å². The zero-order valence-electron chi connectivity index (χ0n) is 16.7. The molecule has 10 heteroatoms. The molecular formula is C21H23Cl2FN2O4S. The Bertz CT molecular complexity index is 1010. The van der Waals surface area contributed by atoms with Crippen molar-refractivity contribution in [3.63, 3.8) is 0 Å². The smallest absolute Gasteiger partial charge is 0.223 e. The number of carbonyl (C=O) groups excluding carboxylic acids is 1. The molecule has 0 radical (unpaired) electrons. The van der Waals surface area contributed by atoms with Gasteiger partial charge in [0.1, 0.15) is 18.2 Å². The summed E-state index contributed by atoms with van der Waals surface area (Å²) in [5, 5.41) is 3.56. The molecule has 1 aliphatic rings. The number of nitrogens with zero attached hydrogens (tertiary/aromatic N) is 1. The molecule has 0 aliphatic carbocycles. The predicted molar refractivity (Wildman–Crippen MR) is 118 cm³/mol. The minimum Gasteiger partial charge on any atom is -0.492 e. The summed E-state index contributed by atoms with van der Waals surface area (Å²) in [6.07, 6.45) is 0.885. The van der Waals surface area contributed by atoms with Gasteiger partial charge in [-0.1, -0.05) is 29.3 Å². The van der Waals surface area contributed by atoms with Crippen molar-refractivity contribution in [1.82, 2.24) is 9.62 Å². The standard InChI is InChI=1S/C21H23Cl2FN2O4S/c22-17-2-1-16(20(23)13-17)14-31(28,29)26-10-7-15(8-11-26)21(27)25-9-12-30-19-5-3-18(24)4-6-19/h1-6,13,15H,7-12,14H2,(H,25,27). The second-order valence-electron chi connectivity index (χ2n) is 7.26. The highest BCUT2D eigenvalue weighted by Crippen LogP contribution is 2.26. The summed E-state index contributed by atoms with van der Waals surface area (Å²) in [6.45, 7) is 1.12. The first kappa shape index (κ1) is 23.8. The van der Waals surface area contributed by atoms with Gasteiger partial charge in [0.15, 0.2) is 0 Å². The molecule has 2 aromatic rings. The van der Waals surface area contributed by atoms with Crippen LogP contribution in [0.5, 0.6) is 5.75 Å². The van der Waals surface area contributed by atoms with E-state index in [2.05, 4.69) is 5.32 Å². The lowest BCUT2D eigenvalue weighted by Crippen LogP contribution is -2.44. The first-order valence-corrected chi connectivity index (χ1v) is 12.2. The number of hydrogen-bond acceptors (Lipinski definition) is 4. The van der Waals surface area contributed by atoms with Crippen LogP contribution in [0.15, 0.2) is 42.5 Å². The number of carbonyl (C=O) groups is 1. The summed E-state index contributed by atoms with van der Waals surface area (Å²) in [7, 11) is -3.55. The second kappa shape index (κ2) is 10.6. The Hall–Kier alpha value is -1.87. The molecule has 2 aromatic carbocycles. The molecule has 1 amide bonds. The Kier molecular flexibility index (Phi) is 8.16. The fraction of sp³-hybridized carbons (Fsp3) is 0.381. The summed E-state index contributed by atoms with van der Waals surface area (Å²) >= 11 is 12.0. The summed E-state index contributed by atoms with van der Waals surface area (Å²) in [6, 6.07) is 10.4. The first-order chi connectivity index (χ1) is 14.7. The Balaban J connectivity index is 1.42. The number of benzene rings is 2. The second-order valence-corrected chi connectivity index (χ2v) is 10.1. The van der Waals surface area contributed by atoms with E-state index >= 15 is 0 Å². The molecule has 168 valence electrons. The molecule has 0 unspecified atom stereocenters. The maximum Gasteiger partial charge on any atom is 0.223 e. The zero-order valence-corrected chi connectivity index (χ0v) is 19.0. The SMILES string of the molecule is O=C(NCCOc1ccc(F)cc1)C1CCN(S(=O)(=O)Cc2ccc(Cl)cc2Cl)CC1. The average Bonchev–Trinajstić information content (AvgIpc) is 2.74. The molecule has 3 rings (SSSR count). The third-order valence-corrected chi connectivity index (χ3v) is 7.47. The van der Waals surface area contributed by atoms with Crippen molar-refractivity contribution < 1.29 is 22.3 Å². The van der Waals surface area contributed by atoms with Crippen molar-refractivity contribution in [1.29, 1.82) is 0 Å². The molecule has 1 saturated heterocycles. The first-order valence-electron chi connectivity index (χ1n) is 9.82. The number of sulfonamides is 1. The van der Waals surface area contributed by atoms with E-state index in [1.807, 2.05) is 0 Å². The van der Waals surface area contributed by atoms with E-state index in [0.29, 0.717) is 40.7 Å². The highest BCUT2D eigenvalue weighted by atomic mass is 35.5. The molecular weight excluding hydrogens is 466 g/mol. The van der Waals surface area contributed by atoms with E-state index in [9.17, 15) is 17.6 Å². The van der Waals surface area contributed by atoms with Crippen molar-refractivity contribution in [3.8, 4) is 5.75 Å². The van der Waals surface area contributed by atoms with Crippen LogP contribution < -0.4 is 10.1 Å². The van der Waals surface area contributed by atoms with Crippen LogP contribution in [0.25, 0.3) is 0 Å². The van der Waals surface area contributed by atoms with Gasteiger partial charge in [-0.15, -0.1) is 0 Å². The van der Waals surface area contributed by atoms with Crippen molar-refractivity contribution in [2.45, 2.75) is 18.6 Å². The summed E-state index contributed by atoms with van der Waals surface area (Å²) < 4.78 is 45.2. The zero-order chi connectivity index (χ0) is 22.4. The van der Waals surface area contributed by atoms with E-state index in [-0.39, 0.29) is 43.1 Å². The van der Waals surface area contributed by atoms with E-state index < -0.39 is 10.0 Å². The summed E-state index contributed by atoms with van der Waals surface area (Å²) in [5.41, 5.74) is 0.493. The molecule has 0 aromatic heterocycles. The maximum atomic E-state index is 12.9. The van der Waals surface area contributed by atoms with Gasteiger partial charge in [-0.2, -0.15) is 0 Å². The third kappa shape index (κ3) is 6.80. The molecule has 1 heterocycles. The van der Waals surface area contributed by atoms with Crippen molar-refractivity contribution >= 4 is 39.1 Å². The topological polar surface area (TPSA) is 75.7 Å². The number of nitrogens with one attached hydrogen (secondary N) is 1. The highest BCUT2D eigenvalue weighted by Gasteiger charge is 2.31. The fourth-order valence-electron chi connectivity index (χ4n) is 3.34. The number of halogens is 3. The van der Waals surface area contributed by atoms with Crippen LogP contribution in [-0.4, -0.2) is 44.9 Å². The van der Waals surface area contributed by atoms with Crippen LogP contribution in [0.1, 0.15) is 18.4 Å². The Morgan fingerprint density at radius 3 is 2.45 bits per heavy atom. The van der Waals surface area contributed by atoms with Crippen LogP contribution in [0.4, 0.5) is 4.39 Å². The molecule has 0 saturated carbocycles. The largest absolute Gasteiger partial charge is 0.492 e. The van der Waals surface area contributed by atoms with E-state index in [1.54, 1.807) is 12.1 Å². The molecule has 0 spiro atoms. The van der Waals surface area contributed by atoms with Gasteiger partial charge in [-0.3, -0.25) is 4.79 Å². The fourth-order valence-corrected chi connectivity index (χ4v) is 5.49. The average molecular weight is 489 g/mol. The summed E-state index contributed by atoms with van der Waals surface area (Å²) in [5.74, 6) is -0.405. The van der Waals surface area contributed by atoms with Gasteiger partial charge in [0, 0.05) is 29.1 Å². The predicted octanol–water partition coefficient (Wildman–Crippen LogP) is 3.87. The van der Waals surface area contributed by atoms with Crippen molar-refractivity contribution in [2.24, 2.45) is 5.92 Å². The van der Waals surface area contributed by atoms with Crippen LogP contribution in [-0.2, 0) is 20.6 Å². The quantitative estimate of drug-likeness (QED) is 0.572. The summed E-state index contributed by atoms with van der Waals surface area (Å²) in [4.78, 5) is 12.4. The van der Waals surface area contributed by atoms with Gasteiger partial charge in [0.2, 0.25) is 15.9 Å². The maximum absolute atomic E-state index is 12.9. The van der Waals surface area contributed by atoms with E-state index in [1.165, 1.54) is 34.6 Å². The molecule has 0 atom stereocenters. The van der Waals surface area contributed by atoms with Gasteiger partial charge in [-0.25, -0.2) is 17.1 Å². The molecule has 0 bridgehead atoms. The Morgan fingerprint density at radius 2 is 1.81 bits per heavy atom. The third-order valence-electron chi connectivity index (χ3n) is 5.05. The van der Waals surface area contributed by atoms with Gasteiger partial charge >= 0.3 is 0 Å². The highest BCUT2D eigenvalue weighted by molar-refractivity contribution is 7.88. The number of rotatable bonds is 8. The normalized spacial score (nSPS) is 15.6. The van der Waals surface area contributed by atoms with Crippen molar-refractivity contribution in [2.75, 3.05) is 26.2 Å². The molecule has 1 N–H and O–H groups in total. The van der Waals surface area contributed by atoms with Gasteiger partial charge < -0.3 is 10.1 Å². The molecule has 31 heavy (non-hydrogen) atoms. The number of ether oxygens (including phenoxy) is 1. The van der Waals surface area contributed by atoms with Crippen LogP contribution >= 0.6 is 23.2 Å². The number of hydrogen-bond donors (Lipinski definition) is 1. The number of amides is 1. The molecule has 1 fully saturated rings.